The van der Waals surface area contributed by atoms with Gasteiger partial charge in [-0.25, -0.2) is 13.2 Å². The Kier molecular flexibility index (Phi) is 4.18. The number of halogens is 5. The highest BCUT2D eigenvalue weighted by Crippen LogP contribution is 2.33. The van der Waals surface area contributed by atoms with Crippen molar-refractivity contribution in [3.8, 4) is 0 Å². The molecule has 2 aromatic rings. The van der Waals surface area contributed by atoms with Gasteiger partial charge in [0.15, 0.2) is 17.5 Å². The Bertz CT molecular complexity index is 634. The summed E-state index contributed by atoms with van der Waals surface area (Å²) < 4.78 is 40.3. The van der Waals surface area contributed by atoms with Gasteiger partial charge in [-0.15, -0.1) is 0 Å². The highest BCUT2D eigenvalue weighted by Gasteiger charge is 2.21. The molecule has 2 rings (SSSR count). The monoisotopic (exact) mass is 349 g/mol. The zero-order chi connectivity index (χ0) is 14.2. The van der Waals surface area contributed by atoms with E-state index in [1.54, 1.807) is 18.2 Å². The first kappa shape index (κ1) is 14.4. The number of hydrogen-bond donors (Lipinski definition) is 1. The maximum atomic E-state index is 13.7. The lowest BCUT2D eigenvalue weighted by Gasteiger charge is -2.16. The van der Waals surface area contributed by atoms with E-state index in [0.29, 0.717) is 15.1 Å². The lowest BCUT2D eigenvalue weighted by Crippen LogP contribution is -2.15. The molecule has 0 saturated carbocycles. The summed E-state index contributed by atoms with van der Waals surface area (Å²) in [6.45, 7) is 0. The Morgan fingerprint density at radius 2 is 1.68 bits per heavy atom. The molecule has 0 aliphatic heterocycles. The van der Waals surface area contributed by atoms with Gasteiger partial charge >= 0.3 is 0 Å². The normalized spacial score (nSPS) is 12.5. The van der Waals surface area contributed by atoms with Gasteiger partial charge in [0, 0.05) is 10.0 Å². The summed E-state index contributed by atoms with van der Waals surface area (Å²) in [7, 11) is 0. The smallest absolute Gasteiger partial charge is 0.194 e. The number of hydrogen-bond acceptors (Lipinski definition) is 1. The van der Waals surface area contributed by atoms with E-state index in [2.05, 4.69) is 15.9 Å². The van der Waals surface area contributed by atoms with Gasteiger partial charge in [0.25, 0.3) is 0 Å². The van der Waals surface area contributed by atoms with Crippen LogP contribution in [0.2, 0.25) is 5.02 Å². The van der Waals surface area contributed by atoms with E-state index in [9.17, 15) is 13.2 Å². The third-order valence-corrected chi connectivity index (χ3v) is 4.03. The minimum absolute atomic E-state index is 0.154. The van der Waals surface area contributed by atoms with Crippen molar-refractivity contribution in [3.63, 3.8) is 0 Å². The standard InChI is InChI=1S/C13H8BrClF3N/c14-8-3-1-2-6(10(8)15)13(19)7-4-5-9(16)12(18)11(7)17/h1-5,13H,19H2. The van der Waals surface area contributed by atoms with E-state index in [0.717, 1.165) is 12.1 Å². The van der Waals surface area contributed by atoms with Gasteiger partial charge in [0.1, 0.15) is 0 Å². The lowest BCUT2D eigenvalue weighted by molar-refractivity contribution is 0.438. The summed E-state index contributed by atoms with van der Waals surface area (Å²) in [5.41, 5.74) is 6.14. The zero-order valence-corrected chi connectivity index (χ0v) is 11.8. The van der Waals surface area contributed by atoms with Crippen LogP contribution in [0, 0.1) is 17.5 Å². The summed E-state index contributed by atoms with van der Waals surface area (Å²) in [5, 5.41) is 0.305. The molecule has 100 valence electrons. The first-order valence-electron chi connectivity index (χ1n) is 5.26. The van der Waals surface area contributed by atoms with Crippen molar-refractivity contribution in [1.29, 1.82) is 0 Å². The van der Waals surface area contributed by atoms with Crippen LogP contribution >= 0.6 is 27.5 Å². The molecule has 6 heteroatoms. The fraction of sp³-hybridized carbons (Fsp3) is 0.0769. The molecule has 0 fully saturated rings. The van der Waals surface area contributed by atoms with Crippen LogP contribution < -0.4 is 5.73 Å². The molecule has 19 heavy (non-hydrogen) atoms. The summed E-state index contributed by atoms with van der Waals surface area (Å²) in [6, 6.07) is 5.91. The van der Waals surface area contributed by atoms with Gasteiger partial charge in [-0.1, -0.05) is 29.8 Å². The van der Waals surface area contributed by atoms with Crippen LogP contribution in [-0.2, 0) is 0 Å². The Labute approximate surface area is 121 Å². The predicted molar refractivity (Wildman–Crippen MR) is 71.5 cm³/mol. The van der Waals surface area contributed by atoms with E-state index >= 15 is 0 Å². The highest BCUT2D eigenvalue weighted by molar-refractivity contribution is 9.10. The van der Waals surface area contributed by atoms with Crippen molar-refractivity contribution in [1.82, 2.24) is 0 Å². The maximum Gasteiger partial charge on any atom is 0.194 e. The van der Waals surface area contributed by atoms with E-state index in [1.165, 1.54) is 0 Å². The van der Waals surface area contributed by atoms with Gasteiger partial charge in [0.05, 0.1) is 11.1 Å². The lowest BCUT2D eigenvalue weighted by atomic mass is 9.99. The molecular weight excluding hydrogens is 343 g/mol. The molecule has 0 spiro atoms. The summed E-state index contributed by atoms with van der Waals surface area (Å²) in [4.78, 5) is 0. The van der Waals surface area contributed by atoms with E-state index in [1.807, 2.05) is 0 Å². The number of nitrogens with two attached hydrogens (primary N) is 1. The average molecular weight is 351 g/mol. The summed E-state index contributed by atoms with van der Waals surface area (Å²) >= 11 is 9.26. The molecule has 0 aliphatic rings. The third-order valence-electron chi connectivity index (χ3n) is 2.72. The van der Waals surface area contributed by atoms with Gasteiger partial charge in [0.2, 0.25) is 0 Å². The van der Waals surface area contributed by atoms with Crippen LogP contribution in [-0.4, -0.2) is 0 Å². The van der Waals surface area contributed by atoms with E-state index in [-0.39, 0.29) is 5.56 Å². The molecule has 1 unspecified atom stereocenters. The van der Waals surface area contributed by atoms with Crippen molar-refractivity contribution in [3.05, 3.63) is 68.4 Å². The minimum atomic E-state index is -1.54. The van der Waals surface area contributed by atoms with Gasteiger partial charge < -0.3 is 5.73 Å². The molecule has 0 saturated heterocycles. The SMILES string of the molecule is NC(c1ccc(F)c(F)c1F)c1cccc(Br)c1Cl. The second kappa shape index (κ2) is 5.53. The molecular formula is C13H8BrClF3N. The predicted octanol–water partition coefficient (Wildman–Crippen LogP) is 4.57. The molecule has 0 amide bonds. The molecule has 0 aliphatic carbocycles. The second-order valence-corrected chi connectivity index (χ2v) is 5.12. The Hall–Kier alpha value is -1.04. The number of benzene rings is 2. The molecule has 0 bridgehead atoms. The average Bonchev–Trinajstić information content (AvgIpc) is 2.39. The third kappa shape index (κ3) is 2.63. The fourth-order valence-electron chi connectivity index (χ4n) is 1.71. The Morgan fingerprint density at radius 1 is 1.00 bits per heavy atom. The molecule has 1 nitrogen and oxygen atoms in total. The van der Waals surface area contributed by atoms with Crippen molar-refractivity contribution in [2.75, 3.05) is 0 Å². The van der Waals surface area contributed by atoms with E-state index in [4.69, 9.17) is 17.3 Å². The van der Waals surface area contributed by atoms with Gasteiger partial charge in [-0.2, -0.15) is 0 Å². The van der Waals surface area contributed by atoms with Crippen LogP contribution in [0.25, 0.3) is 0 Å². The largest absolute Gasteiger partial charge is 0.320 e. The minimum Gasteiger partial charge on any atom is -0.320 e. The number of rotatable bonds is 2. The van der Waals surface area contributed by atoms with Crippen LogP contribution in [0.15, 0.2) is 34.8 Å². The zero-order valence-electron chi connectivity index (χ0n) is 9.43. The molecule has 2 aromatic carbocycles. The fourth-order valence-corrected chi connectivity index (χ4v) is 2.33. The van der Waals surface area contributed by atoms with Crippen LogP contribution in [0.3, 0.4) is 0 Å². The first-order valence-corrected chi connectivity index (χ1v) is 6.43. The van der Waals surface area contributed by atoms with Crippen molar-refractivity contribution in [2.24, 2.45) is 5.73 Å². The van der Waals surface area contributed by atoms with Crippen molar-refractivity contribution in [2.45, 2.75) is 6.04 Å². The second-order valence-electron chi connectivity index (χ2n) is 3.89. The molecule has 2 N–H and O–H groups in total. The quantitative estimate of drug-likeness (QED) is 0.789. The first-order chi connectivity index (χ1) is 8.93. The van der Waals surface area contributed by atoms with Crippen LogP contribution in [0.5, 0.6) is 0 Å². The van der Waals surface area contributed by atoms with Crippen LogP contribution in [0.4, 0.5) is 13.2 Å². The molecule has 0 radical (unpaired) electrons. The summed E-state index contributed by atoms with van der Waals surface area (Å²) in [6.07, 6.45) is 0. The topological polar surface area (TPSA) is 26.0 Å². The summed E-state index contributed by atoms with van der Waals surface area (Å²) in [5.74, 6) is -4.10. The van der Waals surface area contributed by atoms with Crippen molar-refractivity contribution < 1.29 is 13.2 Å². The van der Waals surface area contributed by atoms with Crippen LogP contribution in [0.1, 0.15) is 17.2 Å². The molecule has 1 atom stereocenters. The van der Waals surface area contributed by atoms with Gasteiger partial charge in [-0.05, 0) is 33.6 Å². The Morgan fingerprint density at radius 3 is 2.37 bits per heavy atom. The van der Waals surface area contributed by atoms with E-state index < -0.39 is 23.5 Å². The Balaban J connectivity index is 2.53. The molecule has 0 heterocycles. The molecule has 0 aromatic heterocycles. The maximum absolute atomic E-state index is 13.7. The van der Waals surface area contributed by atoms with Gasteiger partial charge in [-0.3, -0.25) is 0 Å². The highest BCUT2D eigenvalue weighted by atomic mass is 79.9. The van der Waals surface area contributed by atoms with Crippen molar-refractivity contribution >= 4 is 27.5 Å².